The van der Waals surface area contributed by atoms with Gasteiger partial charge in [-0.05, 0) is 42.3 Å². The highest BCUT2D eigenvalue weighted by Crippen LogP contribution is 2.18. The van der Waals surface area contributed by atoms with Crippen LogP contribution in [0.2, 0.25) is 0 Å². The van der Waals surface area contributed by atoms with E-state index in [1.165, 1.54) is 16.5 Å². The summed E-state index contributed by atoms with van der Waals surface area (Å²) < 4.78 is 2.17. The largest absolute Gasteiger partial charge is 0.340 e. The zero-order valence-electron chi connectivity index (χ0n) is 10.9. The van der Waals surface area contributed by atoms with E-state index in [0.717, 1.165) is 12.4 Å². The summed E-state index contributed by atoms with van der Waals surface area (Å²) in [6.45, 7) is 1.60. The summed E-state index contributed by atoms with van der Waals surface area (Å²) in [5.74, 6) is 0.833. The fourth-order valence-electron chi connectivity index (χ4n) is 2.27. The molecule has 4 heteroatoms. The molecule has 2 heterocycles. The van der Waals surface area contributed by atoms with E-state index in [0.29, 0.717) is 6.54 Å². The maximum atomic E-state index is 4.27. The highest BCUT2D eigenvalue weighted by Gasteiger charge is 2.04. The Morgan fingerprint density at radius 3 is 2.79 bits per heavy atom. The van der Waals surface area contributed by atoms with Crippen molar-refractivity contribution in [2.24, 2.45) is 0 Å². The Morgan fingerprint density at radius 1 is 1.16 bits per heavy atom. The Morgan fingerprint density at radius 2 is 2.00 bits per heavy atom. The molecule has 0 bridgehead atoms. The Hall–Kier alpha value is -2.20. The highest BCUT2D eigenvalue weighted by molar-refractivity contribution is 5.80. The third-order valence-electron chi connectivity index (χ3n) is 3.15. The minimum Gasteiger partial charge on any atom is -0.340 e. The first-order valence-corrected chi connectivity index (χ1v) is 6.35. The summed E-state index contributed by atoms with van der Waals surface area (Å²) in [4.78, 5) is 8.53. The molecule has 0 atom stereocenters. The predicted octanol–water partition coefficient (Wildman–Crippen LogP) is 2.20. The fourth-order valence-corrected chi connectivity index (χ4v) is 2.27. The van der Waals surface area contributed by atoms with Gasteiger partial charge in [-0.25, -0.2) is 9.97 Å². The number of nitrogens with zero attached hydrogens (tertiary/aromatic N) is 3. The lowest BCUT2D eigenvalue weighted by atomic mass is 10.1. The molecule has 0 fully saturated rings. The number of fused-ring (bicyclic) bond motifs is 1. The van der Waals surface area contributed by atoms with Gasteiger partial charge in [-0.3, -0.25) is 0 Å². The van der Waals surface area contributed by atoms with Crippen LogP contribution in [0.15, 0.2) is 48.9 Å². The van der Waals surface area contributed by atoms with Gasteiger partial charge in [-0.15, -0.1) is 0 Å². The normalized spacial score (nSPS) is 11.0. The van der Waals surface area contributed by atoms with Crippen LogP contribution in [0, 0.1) is 0 Å². The second-order valence-electron chi connectivity index (χ2n) is 4.53. The van der Waals surface area contributed by atoms with Crippen molar-refractivity contribution in [2.75, 3.05) is 7.05 Å². The van der Waals surface area contributed by atoms with E-state index >= 15 is 0 Å². The fraction of sp³-hybridized carbons (Fsp3) is 0.200. The zero-order valence-corrected chi connectivity index (χ0v) is 10.9. The molecule has 96 valence electrons. The van der Waals surface area contributed by atoms with Crippen LogP contribution in [-0.4, -0.2) is 21.6 Å². The molecule has 2 aromatic heterocycles. The molecule has 1 aromatic carbocycles. The van der Waals surface area contributed by atoms with Crippen molar-refractivity contribution in [3.8, 4) is 0 Å². The molecule has 0 unspecified atom stereocenters. The van der Waals surface area contributed by atoms with Gasteiger partial charge in [-0.2, -0.15) is 0 Å². The van der Waals surface area contributed by atoms with E-state index in [1.807, 2.05) is 13.1 Å². The lowest BCUT2D eigenvalue weighted by Gasteiger charge is -2.05. The summed E-state index contributed by atoms with van der Waals surface area (Å²) in [6.07, 6.45) is 5.64. The average molecular weight is 252 g/mol. The molecule has 0 radical (unpaired) electrons. The zero-order chi connectivity index (χ0) is 13.1. The van der Waals surface area contributed by atoms with Crippen LogP contribution in [-0.2, 0) is 13.1 Å². The Bertz CT molecular complexity index is 673. The van der Waals surface area contributed by atoms with Crippen LogP contribution in [0.3, 0.4) is 0 Å². The van der Waals surface area contributed by atoms with Crippen molar-refractivity contribution in [3.05, 3.63) is 60.3 Å². The smallest absolute Gasteiger partial charge is 0.147 e. The van der Waals surface area contributed by atoms with Gasteiger partial charge in [0.15, 0.2) is 0 Å². The minimum absolute atomic E-state index is 0.704. The maximum Gasteiger partial charge on any atom is 0.147 e. The second-order valence-corrected chi connectivity index (χ2v) is 4.53. The molecule has 0 saturated carbocycles. The van der Waals surface area contributed by atoms with E-state index in [9.17, 15) is 0 Å². The van der Waals surface area contributed by atoms with Gasteiger partial charge in [0.05, 0.1) is 6.54 Å². The predicted molar refractivity (Wildman–Crippen MR) is 75.8 cm³/mol. The first kappa shape index (κ1) is 11.9. The van der Waals surface area contributed by atoms with Gasteiger partial charge >= 0.3 is 0 Å². The van der Waals surface area contributed by atoms with Crippen LogP contribution >= 0.6 is 0 Å². The Balaban J connectivity index is 1.93. The third-order valence-corrected chi connectivity index (χ3v) is 3.15. The van der Waals surface area contributed by atoms with E-state index in [2.05, 4.69) is 50.3 Å². The van der Waals surface area contributed by atoms with E-state index in [4.69, 9.17) is 0 Å². The molecule has 0 aliphatic heterocycles. The van der Waals surface area contributed by atoms with Crippen LogP contribution < -0.4 is 5.32 Å². The Labute approximate surface area is 112 Å². The van der Waals surface area contributed by atoms with Crippen LogP contribution in [0.4, 0.5) is 0 Å². The summed E-state index contributed by atoms with van der Waals surface area (Å²) in [5.41, 5.74) is 2.51. The molecule has 0 aliphatic carbocycles. The lowest BCUT2D eigenvalue weighted by molar-refractivity contribution is 0.771. The first-order valence-electron chi connectivity index (χ1n) is 6.35. The van der Waals surface area contributed by atoms with Crippen molar-refractivity contribution in [1.29, 1.82) is 0 Å². The van der Waals surface area contributed by atoms with Gasteiger partial charge in [0.25, 0.3) is 0 Å². The summed E-state index contributed by atoms with van der Waals surface area (Å²) >= 11 is 0. The molecule has 0 spiro atoms. The van der Waals surface area contributed by atoms with E-state index < -0.39 is 0 Å². The monoisotopic (exact) mass is 252 g/mol. The van der Waals surface area contributed by atoms with Crippen LogP contribution in [0.5, 0.6) is 0 Å². The van der Waals surface area contributed by atoms with Crippen molar-refractivity contribution in [1.82, 2.24) is 19.9 Å². The maximum absolute atomic E-state index is 4.27. The number of hydrogen-bond donors (Lipinski definition) is 1. The number of benzene rings is 1. The van der Waals surface area contributed by atoms with Gasteiger partial charge < -0.3 is 9.88 Å². The van der Waals surface area contributed by atoms with Crippen LogP contribution in [0.1, 0.15) is 11.4 Å². The summed E-state index contributed by atoms with van der Waals surface area (Å²) in [6, 6.07) is 10.5. The molecule has 3 rings (SSSR count). The molecule has 0 amide bonds. The van der Waals surface area contributed by atoms with E-state index in [1.54, 1.807) is 12.4 Å². The SMILES string of the molecule is CNCc1ccc2c(ccn2Cc2ncccn2)c1. The van der Waals surface area contributed by atoms with Gasteiger partial charge in [0.2, 0.25) is 0 Å². The average Bonchev–Trinajstić information content (AvgIpc) is 2.83. The Kier molecular flexibility index (Phi) is 3.25. The van der Waals surface area contributed by atoms with Crippen molar-refractivity contribution in [2.45, 2.75) is 13.1 Å². The van der Waals surface area contributed by atoms with Crippen LogP contribution in [0.25, 0.3) is 10.9 Å². The van der Waals surface area contributed by atoms with Crippen molar-refractivity contribution in [3.63, 3.8) is 0 Å². The second kappa shape index (κ2) is 5.20. The number of nitrogens with one attached hydrogen (secondary N) is 1. The van der Waals surface area contributed by atoms with E-state index in [-0.39, 0.29) is 0 Å². The first-order chi connectivity index (χ1) is 9.36. The van der Waals surface area contributed by atoms with Crippen molar-refractivity contribution < 1.29 is 0 Å². The summed E-state index contributed by atoms with van der Waals surface area (Å²) in [5, 5.41) is 4.42. The molecule has 0 aliphatic rings. The third kappa shape index (κ3) is 2.48. The van der Waals surface area contributed by atoms with Gasteiger partial charge in [0.1, 0.15) is 5.82 Å². The molecule has 4 nitrogen and oxygen atoms in total. The number of aromatic nitrogens is 3. The summed E-state index contributed by atoms with van der Waals surface area (Å²) in [7, 11) is 1.96. The minimum atomic E-state index is 0.704. The molecule has 0 saturated heterocycles. The van der Waals surface area contributed by atoms with Crippen molar-refractivity contribution >= 4 is 10.9 Å². The molecule has 3 aromatic rings. The number of hydrogen-bond acceptors (Lipinski definition) is 3. The van der Waals surface area contributed by atoms with Gasteiger partial charge in [-0.1, -0.05) is 6.07 Å². The molecular weight excluding hydrogens is 236 g/mol. The molecule has 1 N–H and O–H groups in total. The standard InChI is InChI=1S/C15H16N4/c1-16-10-12-3-4-14-13(9-12)5-8-19(14)11-15-17-6-2-7-18-15/h2-9,16H,10-11H2,1H3. The number of rotatable bonds is 4. The lowest BCUT2D eigenvalue weighted by Crippen LogP contribution is -2.05. The molecular formula is C15H16N4. The quantitative estimate of drug-likeness (QED) is 0.774. The topological polar surface area (TPSA) is 42.7 Å². The highest BCUT2D eigenvalue weighted by atomic mass is 15.0. The van der Waals surface area contributed by atoms with Gasteiger partial charge in [0, 0.05) is 30.7 Å². The molecule has 19 heavy (non-hydrogen) atoms.